The van der Waals surface area contributed by atoms with Crippen LogP contribution in [0.1, 0.15) is 16.1 Å². The van der Waals surface area contributed by atoms with E-state index in [-0.39, 0.29) is 28.8 Å². The van der Waals surface area contributed by atoms with E-state index in [2.05, 4.69) is 10.0 Å². The van der Waals surface area contributed by atoms with E-state index >= 15 is 0 Å². The fraction of sp³-hybridized carbons (Fsp3) is 0.105. The molecule has 0 spiro atoms. The molecule has 0 saturated heterocycles. The summed E-state index contributed by atoms with van der Waals surface area (Å²) in [4.78, 5) is 12.6. The van der Waals surface area contributed by atoms with Crippen molar-refractivity contribution in [2.24, 2.45) is 0 Å². The van der Waals surface area contributed by atoms with E-state index in [0.29, 0.717) is 22.9 Å². The number of anilines is 1. The number of amides is 1. The van der Waals surface area contributed by atoms with Crippen molar-refractivity contribution in [2.75, 3.05) is 12.1 Å². The molecule has 1 amide bonds. The first kappa shape index (κ1) is 19.3. The lowest BCUT2D eigenvalue weighted by atomic mass is 10.2. The monoisotopic (exact) mass is 434 g/mol. The summed E-state index contributed by atoms with van der Waals surface area (Å²) in [6.07, 6.45) is 1.46. The standard InChI is InChI=1S/C19H15ClN2O6S/c20-16-7-12(8-17-18(16)28-11-27-17)19(23)22-13-3-1-5-15(9-13)29(24,25)21-10-14-4-2-6-26-14/h1-9,21H,10-11H2,(H,22,23). The molecule has 4 rings (SSSR count). The zero-order chi connectivity index (χ0) is 20.4. The molecule has 2 aromatic carbocycles. The Morgan fingerprint density at radius 3 is 2.76 bits per heavy atom. The van der Waals surface area contributed by atoms with Crippen molar-refractivity contribution in [3.63, 3.8) is 0 Å². The molecule has 2 N–H and O–H groups in total. The van der Waals surface area contributed by atoms with Gasteiger partial charge < -0.3 is 19.2 Å². The van der Waals surface area contributed by atoms with Gasteiger partial charge in [0.1, 0.15) is 5.76 Å². The molecule has 1 aromatic heterocycles. The smallest absolute Gasteiger partial charge is 0.255 e. The molecule has 8 nitrogen and oxygen atoms in total. The minimum atomic E-state index is -3.79. The molecule has 1 aliphatic heterocycles. The van der Waals surface area contributed by atoms with Gasteiger partial charge in [-0.3, -0.25) is 4.79 Å². The maximum atomic E-state index is 12.6. The molecule has 0 unspecified atom stereocenters. The van der Waals surface area contributed by atoms with Crippen molar-refractivity contribution in [3.8, 4) is 11.5 Å². The molecule has 0 aliphatic carbocycles. The largest absolute Gasteiger partial charge is 0.468 e. The van der Waals surface area contributed by atoms with Gasteiger partial charge in [0.05, 0.1) is 22.7 Å². The highest BCUT2D eigenvalue weighted by Gasteiger charge is 2.21. The Kier molecular flexibility index (Phi) is 5.18. The lowest BCUT2D eigenvalue weighted by molar-refractivity contribution is 0.102. The van der Waals surface area contributed by atoms with Crippen LogP contribution in [0.2, 0.25) is 5.02 Å². The van der Waals surface area contributed by atoms with Crippen molar-refractivity contribution in [1.82, 2.24) is 4.72 Å². The van der Waals surface area contributed by atoms with Gasteiger partial charge >= 0.3 is 0 Å². The molecule has 1 aliphatic rings. The first-order valence-corrected chi connectivity index (χ1v) is 10.3. The number of hydrogen-bond acceptors (Lipinski definition) is 6. The number of fused-ring (bicyclic) bond motifs is 1. The van der Waals surface area contributed by atoms with E-state index < -0.39 is 15.9 Å². The lowest BCUT2D eigenvalue weighted by Gasteiger charge is -2.10. The predicted octanol–water partition coefficient (Wildman–Crippen LogP) is 3.39. The second-order valence-electron chi connectivity index (χ2n) is 6.08. The molecule has 3 aromatic rings. The van der Waals surface area contributed by atoms with E-state index in [0.717, 1.165) is 0 Å². The van der Waals surface area contributed by atoms with Crippen LogP contribution in [0.25, 0.3) is 0 Å². The summed E-state index contributed by atoms with van der Waals surface area (Å²) in [5.41, 5.74) is 0.563. The number of carbonyl (C=O) groups is 1. The molecule has 150 valence electrons. The van der Waals surface area contributed by atoms with Crippen molar-refractivity contribution in [3.05, 3.63) is 71.1 Å². The van der Waals surface area contributed by atoms with E-state index in [1.54, 1.807) is 18.2 Å². The summed E-state index contributed by atoms with van der Waals surface area (Å²) in [7, 11) is -3.79. The van der Waals surface area contributed by atoms with Gasteiger partial charge in [0, 0.05) is 11.3 Å². The lowest BCUT2D eigenvalue weighted by Crippen LogP contribution is -2.23. The second-order valence-corrected chi connectivity index (χ2v) is 8.25. The Hall–Kier alpha value is -3.01. The SMILES string of the molecule is O=C(Nc1cccc(S(=O)(=O)NCc2ccco2)c1)c1cc(Cl)c2c(c1)OCO2. The van der Waals surface area contributed by atoms with Gasteiger partial charge in [-0.25, -0.2) is 13.1 Å². The zero-order valence-corrected chi connectivity index (χ0v) is 16.4. The molecule has 29 heavy (non-hydrogen) atoms. The van der Waals surface area contributed by atoms with E-state index in [1.165, 1.54) is 36.6 Å². The van der Waals surface area contributed by atoms with E-state index in [4.69, 9.17) is 25.5 Å². The molecule has 0 bridgehead atoms. The molecule has 0 radical (unpaired) electrons. The van der Waals surface area contributed by atoms with E-state index in [1.807, 2.05) is 0 Å². The summed E-state index contributed by atoms with van der Waals surface area (Å²) >= 11 is 6.10. The Bertz CT molecular complexity index is 1160. The molecular weight excluding hydrogens is 420 g/mol. The van der Waals surface area contributed by atoms with Crippen LogP contribution in [0.5, 0.6) is 11.5 Å². The van der Waals surface area contributed by atoms with Crippen LogP contribution in [-0.2, 0) is 16.6 Å². The fourth-order valence-electron chi connectivity index (χ4n) is 2.71. The fourth-order valence-corrected chi connectivity index (χ4v) is 4.01. The van der Waals surface area contributed by atoms with Gasteiger partial charge in [0.15, 0.2) is 11.5 Å². The van der Waals surface area contributed by atoms with Gasteiger partial charge in [-0.1, -0.05) is 17.7 Å². The predicted molar refractivity (Wildman–Crippen MR) is 105 cm³/mol. The maximum absolute atomic E-state index is 12.6. The number of rotatable bonds is 6. The van der Waals surface area contributed by atoms with Crippen molar-refractivity contribution >= 4 is 33.2 Å². The summed E-state index contributed by atoms with van der Waals surface area (Å²) in [6.45, 7) is 0.0483. The highest BCUT2D eigenvalue weighted by molar-refractivity contribution is 7.89. The highest BCUT2D eigenvalue weighted by atomic mass is 35.5. The first-order valence-electron chi connectivity index (χ1n) is 8.45. The maximum Gasteiger partial charge on any atom is 0.255 e. The summed E-state index contributed by atoms with van der Waals surface area (Å²) < 4.78 is 43.0. The second kappa shape index (κ2) is 7.78. The molecule has 0 fully saturated rings. The first-order chi connectivity index (χ1) is 13.9. The van der Waals surface area contributed by atoms with Crippen LogP contribution in [0.4, 0.5) is 5.69 Å². The number of carbonyl (C=O) groups excluding carboxylic acids is 1. The number of nitrogens with one attached hydrogen (secondary N) is 2. The Balaban J connectivity index is 1.50. The van der Waals surface area contributed by atoms with Crippen molar-refractivity contribution in [2.45, 2.75) is 11.4 Å². The number of halogens is 1. The summed E-state index contributed by atoms with van der Waals surface area (Å²) in [5.74, 6) is 0.779. The van der Waals surface area contributed by atoms with Gasteiger partial charge in [0.25, 0.3) is 5.91 Å². The highest BCUT2D eigenvalue weighted by Crippen LogP contribution is 2.39. The van der Waals surface area contributed by atoms with Crippen LogP contribution in [-0.4, -0.2) is 21.1 Å². The third-order valence-corrected chi connectivity index (χ3v) is 5.79. The number of benzene rings is 2. The van der Waals surface area contributed by atoms with Crippen LogP contribution >= 0.6 is 11.6 Å². The number of sulfonamides is 1. The topological polar surface area (TPSA) is 107 Å². The van der Waals surface area contributed by atoms with Crippen LogP contribution in [0.15, 0.2) is 64.1 Å². The number of ether oxygens (including phenoxy) is 2. The normalized spacial score (nSPS) is 12.7. The average molecular weight is 435 g/mol. The summed E-state index contributed by atoms with van der Waals surface area (Å²) in [5, 5.41) is 2.91. The van der Waals surface area contributed by atoms with Crippen molar-refractivity contribution in [1.29, 1.82) is 0 Å². The van der Waals surface area contributed by atoms with Crippen LogP contribution < -0.4 is 19.5 Å². The molecule has 10 heteroatoms. The van der Waals surface area contributed by atoms with Gasteiger partial charge in [-0.2, -0.15) is 0 Å². The van der Waals surface area contributed by atoms with Crippen LogP contribution in [0.3, 0.4) is 0 Å². The van der Waals surface area contributed by atoms with Gasteiger partial charge in [-0.15, -0.1) is 0 Å². The molecule has 0 saturated carbocycles. The average Bonchev–Trinajstić information content (AvgIpc) is 3.38. The third kappa shape index (κ3) is 4.21. The Morgan fingerprint density at radius 2 is 1.97 bits per heavy atom. The van der Waals surface area contributed by atoms with Gasteiger partial charge in [-0.05, 0) is 42.5 Å². The zero-order valence-electron chi connectivity index (χ0n) is 14.8. The van der Waals surface area contributed by atoms with Gasteiger partial charge in [0.2, 0.25) is 16.8 Å². The minimum absolute atomic E-state index is 0.00516. The quantitative estimate of drug-likeness (QED) is 0.615. The third-order valence-electron chi connectivity index (χ3n) is 4.11. The molecular formula is C19H15ClN2O6S. The number of hydrogen-bond donors (Lipinski definition) is 2. The Morgan fingerprint density at radius 1 is 1.10 bits per heavy atom. The number of furan rings is 1. The van der Waals surface area contributed by atoms with Crippen LogP contribution in [0, 0.1) is 0 Å². The van der Waals surface area contributed by atoms with Crippen molar-refractivity contribution < 1.29 is 27.1 Å². The summed E-state index contributed by atoms with van der Waals surface area (Å²) in [6, 6.07) is 12.2. The molecule has 2 heterocycles. The Labute approximate surface area is 171 Å². The molecule has 0 atom stereocenters. The minimum Gasteiger partial charge on any atom is -0.468 e. The van der Waals surface area contributed by atoms with E-state index in [9.17, 15) is 13.2 Å².